The molecule has 1 atom stereocenters. The van der Waals surface area contributed by atoms with Gasteiger partial charge in [-0.2, -0.15) is 0 Å². The van der Waals surface area contributed by atoms with Gasteiger partial charge >= 0.3 is 0 Å². The van der Waals surface area contributed by atoms with Crippen molar-refractivity contribution >= 4 is 17.3 Å². The van der Waals surface area contributed by atoms with Crippen LogP contribution in [-0.2, 0) is 0 Å². The van der Waals surface area contributed by atoms with Crippen LogP contribution < -0.4 is 10.6 Å². The van der Waals surface area contributed by atoms with Crippen molar-refractivity contribution in [2.75, 3.05) is 18.0 Å². The van der Waals surface area contributed by atoms with Crippen LogP contribution in [0.4, 0.5) is 5.69 Å². The molecule has 0 aromatic heterocycles. The van der Waals surface area contributed by atoms with E-state index in [-0.39, 0.29) is 6.04 Å². The minimum absolute atomic E-state index is 0.000987. The highest BCUT2D eigenvalue weighted by Crippen LogP contribution is 2.34. The number of nitrogens with zero attached hydrogens (tertiary/aromatic N) is 1. The van der Waals surface area contributed by atoms with Crippen LogP contribution in [-0.4, -0.2) is 13.1 Å². The summed E-state index contributed by atoms with van der Waals surface area (Å²) in [6, 6.07) is 6.00. The Hall–Kier alpha value is -1.17. The van der Waals surface area contributed by atoms with Gasteiger partial charge in [0, 0.05) is 12.6 Å². The molecule has 0 amide bonds. The Kier molecular flexibility index (Phi) is 4.16. The standard InChI is InChI=1S/C15H19ClN2/c1-3-8-18(10-12-4-5-12)15-7-6-13(11(2)17)9-14(15)16/h1,6-7,9,11-12H,4-5,8,10,17H2,2H3/t11-/m1/s1. The van der Waals surface area contributed by atoms with Crippen molar-refractivity contribution < 1.29 is 0 Å². The Labute approximate surface area is 114 Å². The maximum atomic E-state index is 6.34. The molecule has 2 N–H and O–H groups in total. The van der Waals surface area contributed by atoms with Gasteiger partial charge < -0.3 is 10.6 Å². The summed E-state index contributed by atoms with van der Waals surface area (Å²) in [4.78, 5) is 2.19. The maximum absolute atomic E-state index is 6.34. The first-order chi connectivity index (χ1) is 8.61. The number of hydrogen-bond donors (Lipinski definition) is 1. The first kappa shape index (κ1) is 13.3. The van der Waals surface area contributed by atoms with Gasteiger partial charge in [-0.25, -0.2) is 0 Å². The van der Waals surface area contributed by atoms with Gasteiger partial charge in [-0.1, -0.05) is 23.6 Å². The van der Waals surface area contributed by atoms with E-state index in [1.807, 2.05) is 25.1 Å². The summed E-state index contributed by atoms with van der Waals surface area (Å²) in [5.74, 6) is 3.49. The molecule has 1 aliphatic carbocycles. The van der Waals surface area contributed by atoms with E-state index in [9.17, 15) is 0 Å². The van der Waals surface area contributed by atoms with Crippen molar-refractivity contribution in [3.63, 3.8) is 0 Å². The number of halogens is 1. The van der Waals surface area contributed by atoms with E-state index < -0.39 is 0 Å². The van der Waals surface area contributed by atoms with Gasteiger partial charge in [-0.15, -0.1) is 6.42 Å². The number of terminal acetylenes is 1. The third-order valence-corrected chi connectivity index (χ3v) is 3.60. The van der Waals surface area contributed by atoms with Gasteiger partial charge in [0.15, 0.2) is 0 Å². The van der Waals surface area contributed by atoms with E-state index >= 15 is 0 Å². The zero-order valence-electron chi connectivity index (χ0n) is 10.7. The van der Waals surface area contributed by atoms with E-state index in [1.54, 1.807) is 0 Å². The van der Waals surface area contributed by atoms with Crippen LogP contribution in [0.5, 0.6) is 0 Å². The predicted octanol–water partition coefficient (Wildman–Crippen LogP) is 3.21. The van der Waals surface area contributed by atoms with E-state index in [0.29, 0.717) is 6.54 Å². The summed E-state index contributed by atoms with van der Waals surface area (Å²) in [6.07, 6.45) is 8.04. The van der Waals surface area contributed by atoms with Crippen molar-refractivity contribution in [2.45, 2.75) is 25.8 Å². The quantitative estimate of drug-likeness (QED) is 0.826. The average Bonchev–Trinajstić information content (AvgIpc) is 3.12. The van der Waals surface area contributed by atoms with Crippen LogP contribution in [0, 0.1) is 18.3 Å². The number of hydrogen-bond acceptors (Lipinski definition) is 2. The van der Waals surface area contributed by atoms with Crippen LogP contribution in [0.1, 0.15) is 31.4 Å². The van der Waals surface area contributed by atoms with Crippen molar-refractivity contribution in [2.24, 2.45) is 11.7 Å². The number of rotatable bonds is 5. The smallest absolute Gasteiger partial charge is 0.0792 e. The van der Waals surface area contributed by atoms with Crippen LogP contribution in [0.3, 0.4) is 0 Å². The Morgan fingerprint density at radius 1 is 1.56 bits per heavy atom. The van der Waals surface area contributed by atoms with Crippen LogP contribution in [0.2, 0.25) is 5.02 Å². The van der Waals surface area contributed by atoms with Crippen molar-refractivity contribution in [3.05, 3.63) is 28.8 Å². The lowest BCUT2D eigenvalue weighted by molar-refractivity contribution is 0.763. The molecule has 0 saturated heterocycles. The molecule has 1 aliphatic rings. The molecule has 2 nitrogen and oxygen atoms in total. The summed E-state index contributed by atoms with van der Waals surface area (Å²) in [7, 11) is 0. The fourth-order valence-corrected chi connectivity index (χ4v) is 2.34. The molecular formula is C15H19ClN2. The fraction of sp³-hybridized carbons (Fsp3) is 0.467. The van der Waals surface area contributed by atoms with Crippen LogP contribution in [0.25, 0.3) is 0 Å². The Morgan fingerprint density at radius 2 is 2.28 bits per heavy atom. The Balaban J connectivity index is 2.20. The molecule has 0 heterocycles. The van der Waals surface area contributed by atoms with Gasteiger partial charge in [-0.05, 0) is 43.4 Å². The topological polar surface area (TPSA) is 29.3 Å². The van der Waals surface area contributed by atoms with Crippen molar-refractivity contribution in [1.29, 1.82) is 0 Å². The lowest BCUT2D eigenvalue weighted by atomic mass is 10.1. The minimum atomic E-state index is 0.000987. The molecule has 1 fully saturated rings. The largest absolute Gasteiger partial charge is 0.359 e. The first-order valence-corrected chi connectivity index (χ1v) is 6.73. The molecule has 0 spiro atoms. The highest BCUT2D eigenvalue weighted by molar-refractivity contribution is 6.33. The lowest BCUT2D eigenvalue weighted by Crippen LogP contribution is -2.26. The monoisotopic (exact) mass is 262 g/mol. The van der Waals surface area contributed by atoms with E-state index in [4.69, 9.17) is 23.8 Å². The second-order valence-electron chi connectivity index (χ2n) is 5.03. The van der Waals surface area contributed by atoms with Crippen molar-refractivity contribution in [3.8, 4) is 12.3 Å². The fourth-order valence-electron chi connectivity index (χ4n) is 2.03. The van der Waals surface area contributed by atoms with Gasteiger partial charge in [0.25, 0.3) is 0 Å². The molecular weight excluding hydrogens is 244 g/mol. The van der Waals surface area contributed by atoms with E-state index in [2.05, 4.69) is 10.8 Å². The zero-order chi connectivity index (χ0) is 13.1. The van der Waals surface area contributed by atoms with Crippen LogP contribution in [0.15, 0.2) is 18.2 Å². The maximum Gasteiger partial charge on any atom is 0.0792 e. The second kappa shape index (κ2) is 5.65. The molecule has 0 unspecified atom stereocenters. The molecule has 1 saturated carbocycles. The molecule has 18 heavy (non-hydrogen) atoms. The third-order valence-electron chi connectivity index (χ3n) is 3.30. The summed E-state index contributed by atoms with van der Waals surface area (Å²) < 4.78 is 0. The predicted molar refractivity (Wildman–Crippen MR) is 77.8 cm³/mol. The van der Waals surface area contributed by atoms with Gasteiger partial charge in [0.2, 0.25) is 0 Å². The van der Waals surface area contributed by atoms with Gasteiger partial charge in [-0.3, -0.25) is 0 Å². The van der Waals surface area contributed by atoms with E-state index in [0.717, 1.165) is 28.7 Å². The Bertz CT molecular complexity index is 458. The molecule has 0 aliphatic heterocycles. The molecule has 0 bridgehead atoms. The third kappa shape index (κ3) is 3.19. The highest BCUT2D eigenvalue weighted by Gasteiger charge is 2.25. The van der Waals surface area contributed by atoms with Gasteiger partial charge in [0.1, 0.15) is 0 Å². The van der Waals surface area contributed by atoms with Crippen molar-refractivity contribution in [1.82, 2.24) is 0 Å². The summed E-state index contributed by atoms with van der Waals surface area (Å²) in [5.41, 5.74) is 7.92. The molecule has 1 aromatic carbocycles. The minimum Gasteiger partial charge on any atom is -0.359 e. The molecule has 1 aromatic rings. The summed E-state index contributed by atoms with van der Waals surface area (Å²) in [6.45, 7) is 3.56. The zero-order valence-corrected chi connectivity index (χ0v) is 11.5. The number of benzene rings is 1. The van der Waals surface area contributed by atoms with Crippen LogP contribution >= 0.6 is 11.6 Å². The first-order valence-electron chi connectivity index (χ1n) is 6.35. The Morgan fingerprint density at radius 3 is 2.78 bits per heavy atom. The van der Waals surface area contributed by atoms with Gasteiger partial charge in [0.05, 0.1) is 17.3 Å². The molecule has 0 radical (unpaired) electrons. The normalized spacial score (nSPS) is 16.1. The second-order valence-corrected chi connectivity index (χ2v) is 5.43. The lowest BCUT2D eigenvalue weighted by Gasteiger charge is -2.24. The average molecular weight is 263 g/mol. The molecule has 96 valence electrons. The number of anilines is 1. The SMILES string of the molecule is C#CCN(CC1CC1)c1ccc([C@@H](C)N)cc1Cl. The molecule has 3 heteroatoms. The van der Waals surface area contributed by atoms with E-state index in [1.165, 1.54) is 12.8 Å². The highest BCUT2D eigenvalue weighted by atomic mass is 35.5. The summed E-state index contributed by atoms with van der Waals surface area (Å²) in [5, 5.41) is 0.737. The molecule has 2 rings (SSSR count). The number of nitrogens with two attached hydrogens (primary N) is 1. The summed E-state index contributed by atoms with van der Waals surface area (Å²) >= 11 is 6.34.